The number of aryl methyl sites for hydroxylation is 1. The molecule has 0 aliphatic rings. The lowest BCUT2D eigenvalue weighted by molar-refractivity contribution is 1.01. The monoisotopic (exact) mass is 484 g/mol. The minimum atomic E-state index is 1.21. The number of para-hydroxylation sites is 4. The van der Waals surface area contributed by atoms with Crippen molar-refractivity contribution in [1.29, 1.82) is 0 Å². The molecule has 5 aromatic rings. The van der Waals surface area contributed by atoms with E-state index in [1.807, 2.05) is 67.5 Å². The minimum Gasteiger partial charge on any atom is -0.345 e. The van der Waals surface area contributed by atoms with Crippen LogP contribution in [0.1, 0.15) is 55.4 Å². The number of benzene rings is 4. The zero-order chi connectivity index (χ0) is 27.3. The second-order valence-electron chi connectivity index (χ2n) is 6.82. The van der Waals surface area contributed by atoms with Crippen molar-refractivity contribution in [3.05, 3.63) is 109 Å². The normalized spacial score (nSPS) is 8.83. The summed E-state index contributed by atoms with van der Waals surface area (Å²) >= 11 is 0. The van der Waals surface area contributed by atoms with Crippen LogP contribution in [-0.2, 0) is 7.05 Å². The van der Waals surface area contributed by atoms with Crippen LogP contribution in [0.3, 0.4) is 0 Å². The van der Waals surface area contributed by atoms with Crippen molar-refractivity contribution in [2.45, 2.75) is 55.4 Å². The summed E-state index contributed by atoms with van der Waals surface area (Å²) in [7, 11) is 4.19. The third-order valence-electron chi connectivity index (χ3n) is 5.11. The molecule has 0 amide bonds. The van der Waals surface area contributed by atoms with E-state index in [0.29, 0.717) is 0 Å². The van der Waals surface area contributed by atoms with E-state index in [1.165, 1.54) is 33.2 Å². The Morgan fingerprint density at radius 3 is 1.03 bits per heavy atom. The van der Waals surface area contributed by atoms with Crippen molar-refractivity contribution in [3.8, 4) is 0 Å². The average Bonchev–Trinajstić information content (AvgIpc) is 3.30. The number of hydrogen-bond donors (Lipinski definition) is 0. The molecule has 5 rings (SSSR count). The van der Waals surface area contributed by atoms with Gasteiger partial charge in [0.05, 0.1) is 0 Å². The Hall–Kier alpha value is -3.52. The molecule has 0 saturated carbocycles. The van der Waals surface area contributed by atoms with Crippen molar-refractivity contribution >= 4 is 33.2 Å². The van der Waals surface area contributed by atoms with Crippen molar-refractivity contribution in [1.82, 2.24) is 4.57 Å². The molecule has 1 heterocycles. The molecular weight excluding hydrogens is 436 g/mol. The fourth-order valence-corrected chi connectivity index (χ4v) is 3.57. The molecule has 0 aliphatic carbocycles. The number of hydrogen-bond acceptors (Lipinski definition) is 1. The topological polar surface area (TPSA) is 8.17 Å². The van der Waals surface area contributed by atoms with Crippen LogP contribution in [0.2, 0.25) is 0 Å². The van der Waals surface area contributed by atoms with Gasteiger partial charge in [0, 0.05) is 47.3 Å². The molecule has 0 atom stereocenters. The second-order valence-corrected chi connectivity index (χ2v) is 6.82. The maximum Gasteiger partial charge on any atom is 0.0488 e. The molecule has 2 heteroatoms. The molecule has 0 N–H and O–H groups in total. The maximum absolute atomic E-state index is 2.24. The van der Waals surface area contributed by atoms with Gasteiger partial charge in [-0.2, -0.15) is 0 Å². The van der Waals surface area contributed by atoms with Crippen LogP contribution in [0.15, 0.2) is 109 Å². The number of fused-ring (bicyclic) bond motifs is 3. The van der Waals surface area contributed by atoms with E-state index < -0.39 is 0 Å². The van der Waals surface area contributed by atoms with Crippen molar-refractivity contribution in [3.63, 3.8) is 0 Å². The first kappa shape index (κ1) is 32.5. The minimum absolute atomic E-state index is 1.21. The van der Waals surface area contributed by atoms with Gasteiger partial charge in [-0.05, 0) is 36.4 Å². The van der Waals surface area contributed by atoms with Crippen LogP contribution < -0.4 is 4.90 Å². The van der Waals surface area contributed by atoms with Gasteiger partial charge < -0.3 is 9.47 Å². The van der Waals surface area contributed by atoms with Gasteiger partial charge in [0.1, 0.15) is 0 Å². The third-order valence-corrected chi connectivity index (χ3v) is 5.11. The average molecular weight is 485 g/mol. The van der Waals surface area contributed by atoms with E-state index in [4.69, 9.17) is 0 Å². The number of rotatable bonds is 2. The zero-order valence-corrected chi connectivity index (χ0v) is 24.3. The summed E-state index contributed by atoms with van der Waals surface area (Å²) in [5, 5.41) is 2.68. The van der Waals surface area contributed by atoms with Gasteiger partial charge in [-0.15, -0.1) is 0 Å². The van der Waals surface area contributed by atoms with Gasteiger partial charge in [-0.3, -0.25) is 0 Å². The van der Waals surface area contributed by atoms with E-state index >= 15 is 0 Å². The zero-order valence-electron chi connectivity index (χ0n) is 24.3. The molecule has 4 aromatic carbocycles. The van der Waals surface area contributed by atoms with E-state index in [-0.39, 0.29) is 0 Å². The summed E-state index contributed by atoms with van der Waals surface area (Å²) in [5.74, 6) is 0. The summed E-state index contributed by atoms with van der Waals surface area (Å²) in [4.78, 5) is 2.17. The molecule has 2 nitrogen and oxygen atoms in total. The molecule has 0 unspecified atom stereocenters. The maximum atomic E-state index is 2.24. The lowest BCUT2D eigenvalue weighted by atomic mass is 10.2. The summed E-state index contributed by atoms with van der Waals surface area (Å²) in [5.41, 5.74) is 5.01. The Morgan fingerprint density at radius 1 is 0.417 bits per heavy atom. The van der Waals surface area contributed by atoms with Crippen LogP contribution >= 0.6 is 0 Å². The first-order valence-electron chi connectivity index (χ1n) is 13.5. The Bertz CT molecular complexity index is 1080. The predicted molar refractivity (Wildman–Crippen MR) is 167 cm³/mol. The molecule has 0 spiro atoms. The predicted octanol–water partition coefficient (Wildman–Crippen LogP) is 10.9. The molecule has 0 bridgehead atoms. The van der Waals surface area contributed by atoms with E-state index in [2.05, 4.69) is 121 Å². The summed E-state index contributed by atoms with van der Waals surface area (Å²) in [6, 6.07) is 37.7. The third kappa shape index (κ3) is 8.92. The summed E-state index contributed by atoms with van der Waals surface area (Å²) < 4.78 is 2.24. The van der Waals surface area contributed by atoms with Crippen LogP contribution in [0, 0.1) is 0 Å². The Kier molecular flexibility index (Phi) is 17.8. The van der Waals surface area contributed by atoms with Crippen LogP contribution in [-0.4, -0.2) is 11.6 Å². The number of anilines is 2. The standard InChI is InChI=1S/C13H11N.C13H13N.4C2H6/c1-14-12-8-4-2-6-10(12)11-7-3-5-9-13(11)14;1-14(12-8-4-2-5-9-12)13-10-6-3-7-11-13;4*1-2/h2-9H,1H3;2-11H,1H3;4*1-2H3. The van der Waals surface area contributed by atoms with Gasteiger partial charge in [0.15, 0.2) is 0 Å². The van der Waals surface area contributed by atoms with Crippen LogP contribution in [0.25, 0.3) is 21.8 Å². The van der Waals surface area contributed by atoms with Crippen LogP contribution in [0.4, 0.5) is 11.4 Å². The first-order valence-corrected chi connectivity index (χ1v) is 13.5. The van der Waals surface area contributed by atoms with Gasteiger partial charge in [-0.25, -0.2) is 0 Å². The smallest absolute Gasteiger partial charge is 0.0488 e. The Balaban J connectivity index is 0.000000534. The molecule has 0 fully saturated rings. The largest absolute Gasteiger partial charge is 0.345 e. The molecule has 36 heavy (non-hydrogen) atoms. The van der Waals surface area contributed by atoms with E-state index in [9.17, 15) is 0 Å². The van der Waals surface area contributed by atoms with Crippen molar-refractivity contribution in [2.75, 3.05) is 11.9 Å². The van der Waals surface area contributed by atoms with Crippen LogP contribution in [0.5, 0.6) is 0 Å². The molecule has 194 valence electrons. The highest BCUT2D eigenvalue weighted by atomic mass is 15.1. The fourth-order valence-electron chi connectivity index (χ4n) is 3.57. The van der Waals surface area contributed by atoms with Gasteiger partial charge in [0.25, 0.3) is 0 Å². The van der Waals surface area contributed by atoms with Crippen molar-refractivity contribution < 1.29 is 0 Å². The Morgan fingerprint density at radius 2 is 0.694 bits per heavy atom. The summed E-state index contributed by atoms with van der Waals surface area (Å²) in [6.45, 7) is 16.0. The van der Waals surface area contributed by atoms with Gasteiger partial charge >= 0.3 is 0 Å². The van der Waals surface area contributed by atoms with E-state index in [0.717, 1.165) is 0 Å². The molecule has 0 radical (unpaired) electrons. The molecule has 0 aliphatic heterocycles. The lowest BCUT2D eigenvalue weighted by Gasteiger charge is -2.18. The highest BCUT2D eigenvalue weighted by Gasteiger charge is 2.05. The number of nitrogens with zero attached hydrogens (tertiary/aromatic N) is 2. The first-order chi connectivity index (χ1) is 17.8. The molecule has 1 aromatic heterocycles. The van der Waals surface area contributed by atoms with E-state index in [1.54, 1.807) is 0 Å². The summed E-state index contributed by atoms with van der Waals surface area (Å²) in [6.07, 6.45) is 0. The number of aromatic nitrogens is 1. The Labute approximate surface area is 221 Å². The molecular formula is C34H48N2. The highest BCUT2D eigenvalue weighted by Crippen LogP contribution is 2.27. The van der Waals surface area contributed by atoms with Gasteiger partial charge in [-0.1, -0.05) is 128 Å². The SMILES string of the molecule is CC.CC.CC.CC.CN(c1ccccc1)c1ccccc1.Cn1c2ccccc2c2ccccc21. The quantitative estimate of drug-likeness (QED) is 0.242. The lowest BCUT2D eigenvalue weighted by Crippen LogP contribution is -2.08. The van der Waals surface area contributed by atoms with Crippen molar-refractivity contribution in [2.24, 2.45) is 7.05 Å². The second kappa shape index (κ2) is 19.8. The molecule has 0 saturated heterocycles. The fraction of sp³-hybridized carbons (Fsp3) is 0.294. The highest BCUT2D eigenvalue weighted by molar-refractivity contribution is 6.07. The van der Waals surface area contributed by atoms with Gasteiger partial charge in [0.2, 0.25) is 0 Å².